The van der Waals surface area contributed by atoms with Gasteiger partial charge in [0.15, 0.2) is 0 Å². The Balaban J connectivity index is 1.81. The van der Waals surface area contributed by atoms with E-state index in [9.17, 15) is 4.79 Å². The highest BCUT2D eigenvalue weighted by Crippen LogP contribution is 2.09. The Hall–Kier alpha value is -2.43. The highest BCUT2D eigenvalue weighted by Gasteiger charge is 2.10. The van der Waals surface area contributed by atoms with Gasteiger partial charge in [-0.15, -0.1) is 0 Å². The van der Waals surface area contributed by atoms with Gasteiger partial charge >= 0.3 is 0 Å². The van der Waals surface area contributed by atoms with E-state index in [4.69, 9.17) is 0 Å². The number of nitrogens with zero attached hydrogens (tertiary/aromatic N) is 3. The minimum atomic E-state index is -0.114. The van der Waals surface area contributed by atoms with Gasteiger partial charge in [0.2, 0.25) is 5.95 Å². The Labute approximate surface area is 150 Å². The van der Waals surface area contributed by atoms with Gasteiger partial charge in [0.1, 0.15) is 0 Å². The molecule has 0 aliphatic heterocycles. The second-order valence-electron chi connectivity index (χ2n) is 6.10. The summed E-state index contributed by atoms with van der Waals surface area (Å²) in [5.74, 6) is 0.585. The number of amides is 1. The van der Waals surface area contributed by atoms with Crippen molar-refractivity contribution in [3.63, 3.8) is 0 Å². The fourth-order valence-corrected chi connectivity index (χ4v) is 2.69. The fraction of sp³-hybridized carbons (Fsp3) is 0.450. The normalized spacial score (nSPS) is 10.5. The third-order valence-corrected chi connectivity index (χ3v) is 3.94. The van der Waals surface area contributed by atoms with Crippen LogP contribution in [0.4, 0.5) is 5.95 Å². The first-order valence-corrected chi connectivity index (χ1v) is 9.13. The average molecular weight is 340 g/mol. The molecule has 134 valence electrons. The molecule has 0 atom stereocenters. The number of benzene rings is 1. The van der Waals surface area contributed by atoms with Crippen LogP contribution in [0, 0.1) is 0 Å². The van der Waals surface area contributed by atoms with Crippen molar-refractivity contribution in [2.45, 2.75) is 39.5 Å². The number of carbonyl (C=O) groups excluding carboxylic acids is 1. The van der Waals surface area contributed by atoms with Gasteiger partial charge in [-0.3, -0.25) is 4.79 Å². The average Bonchev–Trinajstić information content (AvgIpc) is 2.66. The van der Waals surface area contributed by atoms with E-state index in [-0.39, 0.29) is 5.91 Å². The summed E-state index contributed by atoms with van der Waals surface area (Å²) in [6, 6.07) is 10.3. The van der Waals surface area contributed by atoms with Gasteiger partial charge < -0.3 is 10.2 Å². The van der Waals surface area contributed by atoms with Gasteiger partial charge in [-0.25, -0.2) is 9.97 Å². The summed E-state index contributed by atoms with van der Waals surface area (Å²) in [5, 5.41) is 2.94. The third kappa shape index (κ3) is 6.18. The van der Waals surface area contributed by atoms with E-state index in [2.05, 4.69) is 46.2 Å². The molecule has 5 heteroatoms. The van der Waals surface area contributed by atoms with Crippen molar-refractivity contribution in [1.82, 2.24) is 15.3 Å². The van der Waals surface area contributed by atoms with Crippen molar-refractivity contribution in [2.24, 2.45) is 0 Å². The Kier molecular flexibility index (Phi) is 7.89. The molecule has 0 aliphatic rings. The van der Waals surface area contributed by atoms with E-state index < -0.39 is 0 Å². The van der Waals surface area contributed by atoms with Crippen LogP contribution < -0.4 is 10.2 Å². The molecule has 0 bridgehead atoms. The van der Waals surface area contributed by atoms with Crippen molar-refractivity contribution >= 4 is 11.9 Å². The molecule has 0 fully saturated rings. The fourth-order valence-electron chi connectivity index (χ4n) is 2.69. The summed E-state index contributed by atoms with van der Waals surface area (Å²) in [5.41, 5.74) is 1.80. The Morgan fingerprint density at radius 1 is 1.04 bits per heavy atom. The first kappa shape index (κ1) is 18.9. The largest absolute Gasteiger partial charge is 0.352 e. The zero-order valence-corrected chi connectivity index (χ0v) is 15.2. The van der Waals surface area contributed by atoms with Crippen LogP contribution in [0.25, 0.3) is 0 Å². The van der Waals surface area contributed by atoms with Gasteiger partial charge in [-0.2, -0.15) is 0 Å². The van der Waals surface area contributed by atoms with Crippen molar-refractivity contribution in [1.29, 1.82) is 0 Å². The maximum absolute atomic E-state index is 12.2. The minimum absolute atomic E-state index is 0.114. The zero-order chi connectivity index (χ0) is 17.9. The molecule has 0 saturated carbocycles. The van der Waals surface area contributed by atoms with Gasteiger partial charge in [-0.1, -0.05) is 44.2 Å². The molecule has 0 unspecified atom stereocenters. The molecule has 0 radical (unpaired) electrons. The number of hydrogen-bond donors (Lipinski definition) is 1. The quantitative estimate of drug-likeness (QED) is 0.673. The number of nitrogens with one attached hydrogen (secondary N) is 1. The number of aromatic nitrogens is 2. The number of rotatable bonds is 10. The van der Waals surface area contributed by atoms with E-state index in [0.717, 1.165) is 38.8 Å². The van der Waals surface area contributed by atoms with Crippen molar-refractivity contribution < 1.29 is 4.79 Å². The molecule has 0 aliphatic carbocycles. The molecule has 1 heterocycles. The number of carbonyl (C=O) groups is 1. The van der Waals surface area contributed by atoms with Crippen LogP contribution in [0.3, 0.4) is 0 Å². The predicted molar refractivity (Wildman–Crippen MR) is 102 cm³/mol. The lowest BCUT2D eigenvalue weighted by Gasteiger charge is -2.21. The van der Waals surface area contributed by atoms with Crippen molar-refractivity contribution in [3.8, 4) is 0 Å². The van der Waals surface area contributed by atoms with Crippen LogP contribution in [-0.4, -0.2) is 35.5 Å². The number of aryl methyl sites for hydroxylation is 1. The van der Waals surface area contributed by atoms with Crippen LogP contribution >= 0.6 is 0 Å². The summed E-state index contributed by atoms with van der Waals surface area (Å²) in [6.07, 6.45) is 7.20. The summed E-state index contributed by atoms with van der Waals surface area (Å²) >= 11 is 0. The molecule has 25 heavy (non-hydrogen) atoms. The summed E-state index contributed by atoms with van der Waals surface area (Å²) in [6.45, 7) is 6.78. The Bertz CT molecular complexity index is 622. The summed E-state index contributed by atoms with van der Waals surface area (Å²) < 4.78 is 0. The van der Waals surface area contributed by atoms with Crippen LogP contribution in [0.15, 0.2) is 42.7 Å². The SMILES string of the molecule is CCCN(CCC)c1ncc(C(=O)NCCCc2ccccc2)cn1. The van der Waals surface area contributed by atoms with Crippen LogP contribution in [0.1, 0.15) is 49.0 Å². The molecule has 1 N–H and O–H groups in total. The smallest absolute Gasteiger partial charge is 0.254 e. The first-order valence-electron chi connectivity index (χ1n) is 9.13. The molecule has 5 nitrogen and oxygen atoms in total. The lowest BCUT2D eigenvalue weighted by molar-refractivity contribution is 0.0952. The molecule has 2 aromatic rings. The standard InChI is InChI=1S/C20H28N4O/c1-3-13-24(14-4-2)20-22-15-18(16-23-20)19(25)21-12-8-11-17-9-6-5-7-10-17/h5-7,9-10,15-16H,3-4,8,11-14H2,1-2H3,(H,21,25). The van der Waals surface area contributed by atoms with E-state index in [1.165, 1.54) is 5.56 Å². The van der Waals surface area contributed by atoms with Gasteiger partial charge in [0.25, 0.3) is 5.91 Å². The van der Waals surface area contributed by atoms with Gasteiger partial charge in [-0.05, 0) is 31.2 Å². The zero-order valence-electron chi connectivity index (χ0n) is 15.2. The minimum Gasteiger partial charge on any atom is -0.352 e. The van der Waals surface area contributed by atoms with E-state index in [1.54, 1.807) is 12.4 Å². The molecular weight excluding hydrogens is 312 g/mol. The monoisotopic (exact) mass is 340 g/mol. The Morgan fingerprint density at radius 2 is 1.68 bits per heavy atom. The summed E-state index contributed by atoms with van der Waals surface area (Å²) in [4.78, 5) is 23.1. The molecule has 2 rings (SSSR count). The lowest BCUT2D eigenvalue weighted by atomic mass is 10.1. The van der Waals surface area contributed by atoms with Gasteiger partial charge in [0, 0.05) is 32.0 Å². The molecule has 1 aromatic carbocycles. The Morgan fingerprint density at radius 3 is 2.28 bits per heavy atom. The van der Waals surface area contributed by atoms with Crippen LogP contribution in [0.2, 0.25) is 0 Å². The van der Waals surface area contributed by atoms with Gasteiger partial charge in [0.05, 0.1) is 5.56 Å². The molecule has 1 amide bonds. The molecule has 0 saturated heterocycles. The van der Waals surface area contributed by atoms with E-state index >= 15 is 0 Å². The van der Waals surface area contributed by atoms with Crippen LogP contribution in [0.5, 0.6) is 0 Å². The highest BCUT2D eigenvalue weighted by atomic mass is 16.1. The topological polar surface area (TPSA) is 58.1 Å². The second-order valence-corrected chi connectivity index (χ2v) is 6.10. The van der Waals surface area contributed by atoms with E-state index in [1.807, 2.05) is 18.2 Å². The molecule has 1 aromatic heterocycles. The maximum Gasteiger partial charge on any atom is 0.254 e. The lowest BCUT2D eigenvalue weighted by Crippen LogP contribution is -2.28. The van der Waals surface area contributed by atoms with E-state index in [0.29, 0.717) is 18.1 Å². The highest BCUT2D eigenvalue weighted by molar-refractivity contribution is 5.93. The first-order chi connectivity index (χ1) is 12.2. The third-order valence-electron chi connectivity index (χ3n) is 3.94. The molecular formula is C20H28N4O. The molecule has 0 spiro atoms. The second kappa shape index (κ2) is 10.4. The van der Waals surface area contributed by atoms with Crippen molar-refractivity contribution in [2.75, 3.05) is 24.5 Å². The van der Waals surface area contributed by atoms with Crippen molar-refractivity contribution in [3.05, 3.63) is 53.9 Å². The summed E-state index contributed by atoms with van der Waals surface area (Å²) in [7, 11) is 0. The predicted octanol–water partition coefficient (Wildman–Crippen LogP) is 3.47. The van der Waals surface area contributed by atoms with Crippen LogP contribution in [-0.2, 0) is 6.42 Å². The maximum atomic E-state index is 12.2. The number of hydrogen-bond acceptors (Lipinski definition) is 4. The number of anilines is 1.